The first kappa shape index (κ1) is 55.7. The summed E-state index contributed by atoms with van der Waals surface area (Å²) >= 11 is 0. The van der Waals surface area contributed by atoms with E-state index in [-0.39, 0.29) is 36.4 Å². The van der Waals surface area contributed by atoms with Crippen molar-refractivity contribution in [3.05, 3.63) is 47.6 Å². The van der Waals surface area contributed by atoms with E-state index in [1.54, 1.807) is 40.9 Å². The molecule has 0 aromatic rings. The van der Waals surface area contributed by atoms with Gasteiger partial charge in [-0.25, -0.2) is 15.8 Å². The number of hydrogen-bond donors (Lipinski definition) is 4. The van der Waals surface area contributed by atoms with Crippen LogP contribution in [0.1, 0.15) is 112 Å². The topological polar surface area (TPSA) is 254 Å². The Hall–Kier alpha value is -3.22. The fourth-order valence-electron chi connectivity index (χ4n) is 11.2. The molecule has 5 unspecified atom stereocenters. The van der Waals surface area contributed by atoms with Crippen molar-refractivity contribution in [2.75, 3.05) is 27.9 Å². The molecule has 0 aromatic heterocycles. The number of aliphatic hydroxyl groups excluding tert-OH is 1. The van der Waals surface area contributed by atoms with E-state index in [1.807, 2.05) is 44.2 Å². The van der Waals surface area contributed by atoms with Crippen molar-refractivity contribution in [3.63, 3.8) is 0 Å². The van der Waals surface area contributed by atoms with Crippen molar-refractivity contribution in [2.24, 2.45) is 52.4 Å². The van der Waals surface area contributed by atoms with Gasteiger partial charge in [-0.05, 0) is 101 Å². The van der Waals surface area contributed by atoms with Crippen molar-refractivity contribution in [2.45, 2.75) is 167 Å². The monoisotopic (exact) mass is 976 g/mol. The van der Waals surface area contributed by atoms with Gasteiger partial charge in [0.15, 0.2) is 5.78 Å². The Morgan fingerprint density at radius 1 is 0.868 bits per heavy atom. The molecule has 0 aromatic carbocycles. The largest absolute Gasteiger partial charge is 0.460 e. The number of allylic oxidation sites excluding steroid dienone is 6. The van der Waals surface area contributed by atoms with E-state index in [9.17, 15) is 38.8 Å². The van der Waals surface area contributed by atoms with Gasteiger partial charge in [0.25, 0.3) is 11.7 Å². The van der Waals surface area contributed by atoms with Crippen LogP contribution in [0.3, 0.4) is 0 Å². The predicted molar refractivity (Wildman–Crippen MR) is 253 cm³/mol. The number of nitrogens with two attached hydrogens (primary N) is 2. The quantitative estimate of drug-likeness (QED) is 0.107. The highest BCUT2D eigenvalue weighted by molar-refractivity contribution is 7.53. The number of aliphatic hydroxyl groups is 2. The second kappa shape index (κ2) is 24.3. The Kier molecular flexibility index (Phi) is 19.9. The number of carbonyl (C=O) groups is 5. The maximum atomic E-state index is 14.5. The molecule has 1 aliphatic carbocycles. The number of rotatable bonds is 7. The van der Waals surface area contributed by atoms with Gasteiger partial charge in [-0.15, -0.1) is 0 Å². The number of ketones is 3. The first-order chi connectivity index (χ1) is 32.0. The summed E-state index contributed by atoms with van der Waals surface area (Å²) in [6.45, 7) is 10.7. The highest BCUT2D eigenvalue weighted by Crippen LogP contribution is 2.46. The van der Waals surface area contributed by atoms with Gasteiger partial charge in [-0.3, -0.25) is 23.7 Å². The summed E-state index contributed by atoms with van der Waals surface area (Å²) < 4.78 is 47.3. The molecule has 1 amide bonds. The van der Waals surface area contributed by atoms with Crippen LogP contribution >= 0.6 is 7.67 Å². The molecule has 3 saturated heterocycles. The first-order valence-corrected chi connectivity index (χ1v) is 26.1. The molecule has 5 rings (SSSR count). The van der Waals surface area contributed by atoms with Crippen LogP contribution < -0.4 is 11.0 Å². The van der Waals surface area contributed by atoms with Crippen molar-refractivity contribution >= 4 is 36.9 Å². The molecule has 4 fully saturated rings. The number of carbonyl (C=O) groups excluding carboxylic acids is 5. The molecular weight excluding hydrogens is 898 g/mol. The van der Waals surface area contributed by atoms with Crippen LogP contribution in [0.25, 0.3) is 0 Å². The van der Waals surface area contributed by atoms with Gasteiger partial charge < -0.3 is 43.3 Å². The highest BCUT2D eigenvalue weighted by atomic mass is 31.2. The molecule has 4 heterocycles. The average molecular weight is 976 g/mol. The minimum atomic E-state index is -3.82. The Morgan fingerprint density at radius 3 is 2.25 bits per heavy atom. The average Bonchev–Trinajstić information content (AvgIpc) is 3.29. The molecule has 6 N–H and O–H groups in total. The lowest BCUT2D eigenvalue weighted by Gasteiger charge is -2.50. The number of hydrogen-bond acceptors (Lipinski definition) is 14. The molecule has 4 aliphatic heterocycles. The zero-order valence-electron chi connectivity index (χ0n) is 41.5. The highest BCUT2D eigenvalue weighted by Gasteiger charge is 2.57. The molecule has 4 bridgehead atoms. The smallest absolute Gasteiger partial charge is 0.335 e. The summed E-state index contributed by atoms with van der Waals surface area (Å²) in [6.07, 6.45) is 9.83. The molecule has 17 nitrogen and oxygen atoms in total. The molecule has 0 radical (unpaired) electrons. The van der Waals surface area contributed by atoms with Crippen LogP contribution in [-0.2, 0) is 56.7 Å². The molecule has 0 spiro atoms. The van der Waals surface area contributed by atoms with E-state index in [0.29, 0.717) is 69.8 Å². The zero-order valence-corrected chi connectivity index (χ0v) is 42.3. The van der Waals surface area contributed by atoms with Crippen molar-refractivity contribution < 1.29 is 67.0 Å². The number of nitrogens with zero attached hydrogens (tertiary/aromatic N) is 1. The third-order valence-electron chi connectivity index (χ3n) is 15.2. The summed E-state index contributed by atoms with van der Waals surface area (Å²) in [5.41, 5.74) is 12.4. The Morgan fingerprint density at radius 2 is 1.59 bits per heavy atom. The molecular formula is C50H78N3O14P. The summed E-state index contributed by atoms with van der Waals surface area (Å²) in [6, 6.07) is -1.18. The third kappa shape index (κ3) is 13.6. The van der Waals surface area contributed by atoms with E-state index in [2.05, 4.69) is 0 Å². The van der Waals surface area contributed by atoms with Crippen LogP contribution in [0.2, 0.25) is 0 Å². The summed E-state index contributed by atoms with van der Waals surface area (Å²) in [5.74, 6) is -8.97. The van der Waals surface area contributed by atoms with Crippen molar-refractivity contribution in [1.29, 1.82) is 0 Å². The second-order valence-electron chi connectivity index (χ2n) is 20.2. The van der Waals surface area contributed by atoms with Gasteiger partial charge in [0.05, 0.1) is 24.4 Å². The van der Waals surface area contributed by atoms with Crippen LogP contribution in [-0.4, -0.2) is 127 Å². The zero-order chi connectivity index (χ0) is 50.2. The number of ether oxygens (including phenoxy) is 5. The van der Waals surface area contributed by atoms with Crippen LogP contribution in [0, 0.1) is 41.4 Å². The lowest BCUT2D eigenvalue weighted by Crippen LogP contribution is -2.65. The summed E-state index contributed by atoms with van der Waals surface area (Å²) in [7, 11) is 0.626. The first-order valence-electron chi connectivity index (χ1n) is 24.4. The lowest BCUT2D eigenvalue weighted by atomic mass is 9.68. The third-order valence-corrected chi connectivity index (χ3v) is 15.8. The number of piperidine rings is 1. The number of Topliss-reactive ketones (excluding diaryl/α,β-unsaturated/α-hetero) is 3. The fourth-order valence-corrected chi connectivity index (χ4v) is 11.9. The van der Waals surface area contributed by atoms with Crippen LogP contribution in [0.15, 0.2) is 47.6 Å². The Balaban J connectivity index is 1.51. The lowest BCUT2D eigenvalue weighted by molar-refractivity contribution is -0.266. The van der Waals surface area contributed by atoms with Gasteiger partial charge in [0.1, 0.15) is 30.1 Å². The van der Waals surface area contributed by atoms with Gasteiger partial charge in [-0.2, -0.15) is 0 Å². The molecule has 68 heavy (non-hydrogen) atoms. The molecule has 18 heteroatoms. The minimum absolute atomic E-state index is 0.00643. The van der Waals surface area contributed by atoms with E-state index < -0.39 is 109 Å². The van der Waals surface area contributed by atoms with E-state index in [1.165, 1.54) is 19.1 Å². The number of amides is 1. The van der Waals surface area contributed by atoms with Crippen molar-refractivity contribution in [1.82, 2.24) is 4.90 Å². The Bertz CT molecular complexity index is 1980. The summed E-state index contributed by atoms with van der Waals surface area (Å²) in [4.78, 5) is 72.4. The number of methoxy groups -OCH3 is 3. The van der Waals surface area contributed by atoms with Crippen LogP contribution in [0.5, 0.6) is 0 Å². The SMILES string of the molecule is CO[C@H]1C[C@@H]2CC[C@@H](C)[C@@](O)(O2)C(=O)C(=O)N2CCC[C@@H]3C(C[C@@H]4CC[C@@H](OP(N)(N)=O)[C@H](OC)C4)C(CC(=O)C(C)/C=C(\C)[C@@H](O)[C@@H](OC)C(=O)[C@H](C)CC(C)/C=C/C=C/C=C1C)OC(=O)C32. The van der Waals surface area contributed by atoms with Gasteiger partial charge >= 0.3 is 13.6 Å². The maximum absolute atomic E-state index is 14.5. The molecule has 1 saturated carbocycles. The molecule has 5 aliphatic rings. The molecule has 16 atom stereocenters. The van der Waals surface area contributed by atoms with Crippen molar-refractivity contribution in [3.8, 4) is 0 Å². The fraction of sp³-hybridized carbons (Fsp3) is 0.740. The second-order valence-corrected chi connectivity index (χ2v) is 21.7. The number of fused-ring (bicyclic) bond motifs is 4. The maximum Gasteiger partial charge on any atom is 0.335 e. The standard InChI is InChI=1S/C50H78N3O14P/c1-28-14-11-10-12-15-29(2)40(62-7)26-35-19-17-33(6)50(60,66-35)47(57)48(58)53-21-13-16-36-37(24-34-18-20-39(42(25-34)63-8)67-68(51,52)61)41(65-49(59)43(36)53)27-38(54)30(3)23-32(5)45(56)46(64-9)44(55)31(4)22-28/h10-12,14-15,23,28,30-31,33-37,39-43,45-46,56,60H,13,16-22,24-27H2,1-9H3,(H4,51,52,61)/b12-10+,14-11+,29-15?,32-23+/t28?,30?,31-,33-,34+,35+,36-,37?,39-,40+,41?,42-,43?,45-,46+,50-/m1/s1. The van der Waals surface area contributed by atoms with Gasteiger partial charge in [0, 0.05) is 64.4 Å². The van der Waals surface area contributed by atoms with Gasteiger partial charge in [0.2, 0.25) is 5.79 Å². The van der Waals surface area contributed by atoms with E-state index >= 15 is 0 Å². The summed E-state index contributed by atoms with van der Waals surface area (Å²) in [5, 5.41) is 23.5. The van der Waals surface area contributed by atoms with E-state index in [4.69, 9.17) is 39.2 Å². The van der Waals surface area contributed by atoms with Crippen LogP contribution in [0.4, 0.5) is 0 Å². The minimum Gasteiger partial charge on any atom is -0.460 e. The normalized spacial score (nSPS) is 40.8. The Labute approximate surface area is 402 Å². The number of esters is 1. The van der Waals surface area contributed by atoms with E-state index in [0.717, 1.165) is 5.57 Å². The predicted octanol–water partition coefficient (Wildman–Crippen LogP) is 5.45. The van der Waals surface area contributed by atoms with Gasteiger partial charge in [-0.1, -0.05) is 64.2 Å². The molecule has 382 valence electrons.